The summed E-state index contributed by atoms with van der Waals surface area (Å²) in [6, 6.07) is 7.01. The number of rotatable bonds is 3. The Labute approximate surface area is 120 Å². The van der Waals surface area contributed by atoms with Gasteiger partial charge in [-0.25, -0.2) is 0 Å². The second-order valence-corrected chi connectivity index (χ2v) is 5.60. The third-order valence-electron chi connectivity index (χ3n) is 3.84. The van der Waals surface area contributed by atoms with Crippen LogP contribution in [-0.4, -0.2) is 23.9 Å². The van der Waals surface area contributed by atoms with E-state index in [-0.39, 0.29) is 11.8 Å². The lowest BCUT2D eigenvalue weighted by Crippen LogP contribution is -2.62. The first-order chi connectivity index (χ1) is 9.45. The van der Waals surface area contributed by atoms with E-state index in [0.717, 1.165) is 5.69 Å². The van der Waals surface area contributed by atoms with Crippen LogP contribution >= 0.6 is 0 Å². The smallest absolute Gasteiger partial charge is 0.250 e. The van der Waals surface area contributed by atoms with Crippen molar-refractivity contribution in [3.8, 4) is 0 Å². The van der Waals surface area contributed by atoms with E-state index in [9.17, 15) is 9.59 Å². The van der Waals surface area contributed by atoms with Gasteiger partial charge in [-0.1, -0.05) is 32.9 Å². The minimum Gasteiger partial charge on any atom is -0.343 e. The van der Waals surface area contributed by atoms with E-state index in [0.29, 0.717) is 12.3 Å². The highest BCUT2D eigenvalue weighted by Gasteiger charge is 2.38. The lowest BCUT2D eigenvalue weighted by molar-refractivity contribution is -0.133. The maximum absolute atomic E-state index is 12.5. The van der Waals surface area contributed by atoms with Crippen LogP contribution in [0.15, 0.2) is 24.3 Å². The number of nitrogens with one attached hydrogen (secondary N) is 1. The number of benzene rings is 1. The first-order valence-corrected chi connectivity index (χ1v) is 7.19. The topological polar surface area (TPSA) is 49.4 Å². The largest absolute Gasteiger partial charge is 0.343 e. The molecule has 1 fully saturated rings. The van der Waals surface area contributed by atoms with Crippen LogP contribution in [0.25, 0.3) is 0 Å². The summed E-state index contributed by atoms with van der Waals surface area (Å²) in [6.07, 6.45) is 0.609. The van der Waals surface area contributed by atoms with Gasteiger partial charge in [-0.05, 0) is 37.0 Å². The van der Waals surface area contributed by atoms with Gasteiger partial charge in [-0.15, -0.1) is 0 Å². The van der Waals surface area contributed by atoms with Crippen molar-refractivity contribution in [1.29, 1.82) is 0 Å². The highest BCUT2D eigenvalue weighted by molar-refractivity contribution is 6.08. The van der Waals surface area contributed by atoms with Gasteiger partial charge < -0.3 is 5.32 Å². The van der Waals surface area contributed by atoms with Gasteiger partial charge in [0.15, 0.2) is 0 Å². The average Bonchev–Trinajstić information content (AvgIpc) is 2.43. The minimum absolute atomic E-state index is 0.0273. The Morgan fingerprint density at radius 1 is 1.30 bits per heavy atom. The van der Waals surface area contributed by atoms with Crippen molar-refractivity contribution >= 4 is 17.5 Å². The molecule has 108 valence electrons. The number of anilines is 1. The third-order valence-corrected chi connectivity index (χ3v) is 3.84. The highest BCUT2D eigenvalue weighted by Crippen LogP contribution is 2.26. The van der Waals surface area contributed by atoms with Crippen molar-refractivity contribution in [3.63, 3.8) is 0 Å². The second kappa shape index (κ2) is 5.65. The maximum Gasteiger partial charge on any atom is 0.250 e. The predicted octanol–water partition coefficient (Wildman–Crippen LogP) is 2.44. The lowest BCUT2D eigenvalue weighted by atomic mass is 10.0. The summed E-state index contributed by atoms with van der Waals surface area (Å²) in [4.78, 5) is 26.1. The molecule has 2 unspecified atom stereocenters. The molecule has 2 amide bonds. The standard InChI is InChI=1S/C16H22N2O2/c1-5-14-16(20)18(11(4)15(19)17-14)13-8-6-7-12(9-13)10(2)3/h6-11,14H,5H2,1-4H3,(H,17,19). The molecule has 1 saturated heterocycles. The van der Waals surface area contributed by atoms with E-state index >= 15 is 0 Å². The molecule has 1 heterocycles. The molecule has 1 N–H and O–H groups in total. The van der Waals surface area contributed by atoms with Crippen molar-refractivity contribution in [2.75, 3.05) is 4.90 Å². The van der Waals surface area contributed by atoms with Crippen molar-refractivity contribution < 1.29 is 9.59 Å². The fourth-order valence-electron chi connectivity index (χ4n) is 2.49. The normalized spacial score (nSPS) is 23.1. The van der Waals surface area contributed by atoms with Gasteiger partial charge in [-0.3, -0.25) is 14.5 Å². The van der Waals surface area contributed by atoms with E-state index in [1.165, 1.54) is 5.56 Å². The monoisotopic (exact) mass is 274 g/mol. The molecule has 0 aliphatic carbocycles. The number of piperazine rings is 1. The predicted molar refractivity (Wildman–Crippen MR) is 79.7 cm³/mol. The van der Waals surface area contributed by atoms with Crippen LogP contribution in [0.2, 0.25) is 0 Å². The lowest BCUT2D eigenvalue weighted by Gasteiger charge is -2.37. The van der Waals surface area contributed by atoms with Crippen LogP contribution in [0, 0.1) is 0 Å². The van der Waals surface area contributed by atoms with Gasteiger partial charge in [0.25, 0.3) is 0 Å². The van der Waals surface area contributed by atoms with Crippen LogP contribution in [0.3, 0.4) is 0 Å². The van der Waals surface area contributed by atoms with Crippen LogP contribution in [0.1, 0.15) is 45.6 Å². The van der Waals surface area contributed by atoms with E-state index < -0.39 is 12.1 Å². The molecule has 20 heavy (non-hydrogen) atoms. The Balaban J connectivity index is 2.40. The Morgan fingerprint density at radius 2 is 2.00 bits per heavy atom. The van der Waals surface area contributed by atoms with E-state index in [4.69, 9.17) is 0 Å². The summed E-state index contributed by atoms with van der Waals surface area (Å²) >= 11 is 0. The summed E-state index contributed by atoms with van der Waals surface area (Å²) in [5, 5.41) is 2.77. The minimum atomic E-state index is -0.465. The van der Waals surface area contributed by atoms with Gasteiger partial charge in [0.1, 0.15) is 12.1 Å². The molecule has 0 radical (unpaired) electrons. The zero-order valence-corrected chi connectivity index (χ0v) is 12.5. The quantitative estimate of drug-likeness (QED) is 0.920. The van der Waals surface area contributed by atoms with Crippen molar-refractivity contribution in [3.05, 3.63) is 29.8 Å². The first-order valence-electron chi connectivity index (χ1n) is 7.19. The summed E-state index contributed by atoms with van der Waals surface area (Å²) < 4.78 is 0. The average molecular weight is 274 g/mol. The van der Waals surface area contributed by atoms with Crippen LogP contribution in [0.5, 0.6) is 0 Å². The molecule has 1 aromatic rings. The third kappa shape index (κ3) is 2.55. The van der Waals surface area contributed by atoms with Gasteiger partial charge in [-0.2, -0.15) is 0 Å². The molecular weight excluding hydrogens is 252 g/mol. The van der Waals surface area contributed by atoms with Gasteiger partial charge >= 0.3 is 0 Å². The Morgan fingerprint density at radius 3 is 2.60 bits per heavy atom. The molecule has 0 aromatic heterocycles. The SMILES string of the molecule is CCC1NC(=O)C(C)N(c2cccc(C(C)C)c2)C1=O. The number of amides is 2. The van der Waals surface area contributed by atoms with Crippen molar-refractivity contribution in [1.82, 2.24) is 5.32 Å². The zero-order chi connectivity index (χ0) is 14.9. The fraction of sp³-hybridized carbons (Fsp3) is 0.500. The van der Waals surface area contributed by atoms with Crippen molar-refractivity contribution in [2.45, 2.75) is 52.1 Å². The molecule has 2 atom stereocenters. The second-order valence-electron chi connectivity index (χ2n) is 5.60. The molecule has 2 rings (SSSR count). The maximum atomic E-state index is 12.5. The van der Waals surface area contributed by atoms with Crippen LogP contribution in [0.4, 0.5) is 5.69 Å². The number of hydrogen-bond donors (Lipinski definition) is 1. The van der Waals surface area contributed by atoms with E-state index in [1.54, 1.807) is 11.8 Å². The number of carbonyl (C=O) groups is 2. The molecule has 0 spiro atoms. The molecular formula is C16H22N2O2. The summed E-state index contributed by atoms with van der Waals surface area (Å²) in [5.41, 5.74) is 1.98. The summed E-state index contributed by atoms with van der Waals surface area (Å²) in [7, 11) is 0. The number of hydrogen-bond acceptors (Lipinski definition) is 2. The first kappa shape index (κ1) is 14.6. The van der Waals surface area contributed by atoms with Gasteiger partial charge in [0, 0.05) is 5.69 Å². The summed E-state index contributed by atoms with van der Waals surface area (Å²) in [5.74, 6) is 0.271. The van der Waals surface area contributed by atoms with Crippen LogP contribution in [-0.2, 0) is 9.59 Å². The molecule has 4 nitrogen and oxygen atoms in total. The molecule has 1 aliphatic heterocycles. The van der Waals surface area contributed by atoms with E-state index in [1.807, 2.05) is 31.2 Å². The zero-order valence-electron chi connectivity index (χ0n) is 12.5. The Hall–Kier alpha value is -1.84. The molecule has 1 aliphatic rings. The summed E-state index contributed by atoms with van der Waals surface area (Å²) in [6.45, 7) is 7.90. The number of carbonyl (C=O) groups excluding carboxylic acids is 2. The molecule has 4 heteroatoms. The van der Waals surface area contributed by atoms with Gasteiger partial charge in [0.05, 0.1) is 0 Å². The van der Waals surface area contributed by atoms with Crippen LogP contribution < -0.4 is 10.2 Å². The molecule has 1 aromatic carbocycles. The molecule has 0 bridgehead atoms. The Kier molecular flexibility index (Phi) is 4.12. The van der Waals surface area contributed by atoms with E-state index in [2.05, 4.69) is 19.2 Å². The highest BCUT2D eigenvalue weighted by atomic mass is 16.2. The van der Waals surface area contributed by atoms with Gasteiger partial charge in [0.2, 0.25) is 11.8 Å². The molecule has 0 saturated carbocycles. The Bertz CT molecular complexity index is 525. The fourth-order valence-corrected chi connectivity index (χ4v) is 2.49. The van der Waals surface area contributed by atoms with Crippen molar-refractivity contribution in [2.24, 2.45) is 0 Å². The number of nitrogens with zero attached hydrogens (tertiary/aromatic N) is 1.